The van der Waals surface area contributed by atoms with E-state index in [4.69, 9.17) is 27.6 Å². The van der Waals surface area contributed by atoms with Crippen LogP contribution in [0.5, 0.6) is 0 Å². The van der Waals surface area contributed by atoms with Crippen molar-refractivity contribution in [3.8, 4) is 11.5 Å². The normalized spacial score (nSPS) is 11.0. The monoisotopic (exact) mass is 405 g/mol. The lowest BCUT2D eigenvalue weighted by Gasteiger charge is -2.13. The van der Waals surface area contributed by atoms with Gasteiger partial charge in [-0.15, -0.1) is 10.2 Å². The van der Waals surface area contributed by atoms with Crippen LogP contribution in [0.15, 0.2) is 40.9 Å². The number of carbonyl (C=O) groups excluding carboxylic acids is 1. The standard InChI is InChI=1S/C18H17Cl2N5O2/c1-11-5-6-21-15(7-11)22-16(26)9-25(2)10-17-23-24-18(27-17)13-4-3-12(19)8-14(13)20/h3-8H,9-10H2,1-2H3,(H,21,22,26). The Morgan fingerprint density at radius 3 is 2.78 bits per heavy atom. The van der Waals surface area contributed by atoms with Crippen molar-refractivity contribution in [1.29, 1.82) is 0 Å². The van der Waals surface area contributed by atoms with Crippen LogP contribution in [-0.4, -0.2) is 39.6 Å². The van der Waals surface area contributed by atoms with Gasteiger partial charge in [-0.25, -0.2) is 4.98 Å². The zero-order valence-electron chi connectivity index (χ0n) is 14.7. The quantitative estimate of drug-likeness (QED) is 0.670. The molecule has 0 aliphatic rings. The van der Waals surface area contributed by atoms with Crippen molar-refractivity contribution in [3.05, 3.63) is 58.0 Å². The highest BCUT2D eigenvalue weighted by molar-refractivity contribution is 6.36. The summed E-state index contributed by atoms with van der Waals surface area (Å²) >= 11 is 12.0. The maximum absolute atomic E-state index is 12.1. The van der Waals surface area contributed by atoms with E-state index in [0.29, 0.717) is 39.8 Å². The topological polar surface area (TPSA) is 84.2 Å². The number of likely N-dealkylation sites (N-methyl/N-ethyl adjacent to an activating group) is 1. The summed E-state index contributed by atoms with van der Waals surface area (Å²) in [7, 11) is 1.78. The Hall–Kier alpha value is -2.48. The first-order chi connectivity index (χ1) is 12.9. The number of aryl methyl sites for hydroxylation is 1. The van der Waals surface area contributed by atoms with Gasteiger partial charge < -0.3 is 9.73 Å². The summed E-state index contributed by atoms with van der Waals surface area (Å²) < 4.78 is 5.64. The highest BCUT2D eigenvalue weighted by Gasteiger charge is 2.15. The second-order valence-corrected chi connectivity index (χ2v) is 6.91. The third-order valence-electron chi connectivity index (χ3n) is 3.63. The number of halogens is 2. The molecule has 0 unspecified atom stereocenters. The molecule has 2 heterocycles. The van der Waals surface area contributed by atoms with E-state index in [-0.39, 0.29) is 12.5 Å². The lowest BCUT2D eigenvalue weighted by molar-refractivity contribution is -0.117. The third kappa shape index (κ3) is 5.26. The molecule has 3 aromatic rings. The van der Waals surface area contributed by atoms with Gasteiger partial charge in [-0.1, -0.05) is 23.2 Å². The van der Waals surface area contributed by atoms with Gasteiger partial charge in [0.15, 0.2) is 0 Å². The Morgan fingerprint density at radius 2 is 2.04 bits per heavy atom. The van der Waals surface area contributed by atoms with Crippen molar-refractivity contribution in [3.63, 3.8) is 0 Å². The highest BCUT2D eigenvalue weighted by atomic mass is 35.5. The van der Waals surface area contributed by atoms with Gasteiger partial charge >= 0.3 is 0 Å². The van der Waals surface area contributed by atoms with Crippen LogP contribution < -0.4 is 5.32 Å². The van der Waals surface area contributed by atoms with Crippen molar-refractivity contribution in [2.24, 2.45) is 0 Å². The summed E-state index contributed by atoms with van der Waals surface area (Å²) in [6.07, 6.45) is 1.65. The minimum Gasteiger partial charge on any atom is -0.419 e. The van der Waals surface area contributed by atoms with E-state index in [2.05, 4.69) is 20.5 Å². The lowest BCUT2D eigenvalue weighted by Crippen LogP contribution is -2.30. The maximum Gasteiger partial charge on any atom is 0.249 e. The molecular formula is C18H17Cl2N5O2. The van der Waals surface area contributed by atoms with Crippen LogP contribution in [0.25, 0.3) is 11.5 Å². The zero-order chi connectivity index (χ0) is 19.4. The molecule has 0 radical (unpaired) electrons. The van der Waals surface area contributed by atoms with E-state index in [1.165, 1.54) is 0 Å². The number of nitrogens with zero attached hydrogens (tertiary/aromatic N) is 4. The molecule has 1 aromatic carbocycles. The first-order valence-corrected chi connectivity index (χ1v) is 8.85. The number of nitrogens with one attached hydrogen (secondary N) is 1. The summed E-state index contributed by atoms with van der Waals surface area (Å²) in [5, 5.41) is 11.7. The molecule has 1 N–H and O–H groups in total. The molecule has 0 aliphatic carbocycles. The Bertz CT molecular complexity index is 960. The number of amides is 1. The fourth-order valence-corrected chi connectivity index (χ4v) is 2.90. The molecule has 0 fully saturated rings. The lowest BCUT2D eigenvalue weighted by atomic mass is 10.2. The second-order valence-electron chi connectivity index (χ2n) is 6.06. The van der Waals surface area contributed by atoms with Crippen molar-refractivity contribution < 1.29 is 9.21 Å². The molecule has 0 spiro atoms. The van der Waals surface area contributed by atoms with E-state index in [9.17, 15) is 4.79 Å². The van der Waals surface area contributed by atoms with Gasteiger partial charge in [-0.3, -0.25) is 9.69 Å². The predicted octanol–water partition coefficient (Wildman–Crippen LogP) is 3.82. The molecule has 0 saturated carbocycles. The Balaban J connectivity index is 1.59. The second kappa shape index (κ2) is 8.47. The van der Waals surface area contributed by atoms with Crippen molar-refractivity contribution in [2.45, 2.75) is 13.5 Å². The molecule has 0 saturated heterocycles. The number of anilines is 1. The van der Waals surface area contributed by atoms with Gasteiger partial charge in [0, 0.05) is 11.2 Å². The zero-order valence-corrected chi connectivity index (χ0v) is 16.3. The summed E-state index contributed by atoms with van der Waals surface area (Å²) in [6.45, 7) is 2.39. The van der Waals surface area contributed by atoms with Crippen LogP contribution in [0.4, 0.5) is 5.82 Å². The Kier molecular flexibility index (Phi) is 6.05. The van der Waals surface area contributed by atoms with Gasteiger partial charge in [0.1, 0.15) is 5.82 Å². The number of benzene rings is 1. The average molecular weight is 406 g/mol. The molecule has 9 heteroatoms. The fourth-order valence-electron chi connectivity index (χ4n) is 2.41. The Morgan fingerprint density at radius 1 is 1.22 bits per heavy atom. The SMILES string of the molecule is Cc1ccnc(NC(=O)CN(C)Cc2nnc(-c3ccc(Cl)cc3Cl)o2)c1. The number of carbonyl (C=O) groups is 1. The molecule has 0 bridgehead atoms. The fraction of sp³-hybridized carbons (Fsp3) is 0.222. The molecule has 27 heavy (non-hydrogen) atoms. The third-order valence-corrected chi connectivity index (χ3v) is 4.18. The summed E-state index contributed by atoms with van der Waals surface area (Å²) in [5.41, 5.74) is 1.62. The minimum absolute atomic E-state index is 0.148. The summed E-state index contributed by atoms with van der Waals surface area (Å²) in [6, 6.07) is 8.69. The van der Waals surface area contributed by atoms with Crippen molar-refractivity contribution >= 4 is 34.9 Å². The van der Waals surface area contributed by atoms with Crippen LogP contribution in [0.3, 0.4) is 0 Å². The average Bonchev–Trinajstić information content (AvgIpc) is 3.02. The molecular weight excluding hydrogens is 389 g/mol. The van der Waals surface area contributed by atoms with E-state index < -0.39 is 0 Å². The predicted molar refractivity (Wildman–Crippen MR) is 104 cm³/mol. The van der Waals surface area contributed by atoms with Crippen LogP contribution in [0.1, 0.15) is 11.5 Å². The molecule has 0 aliphatic heterocycles. The molecule has 1 amide bonds. The number of rotatable bonds is 6. The summed E-state index contributed by atoms with van der Waals surface area (Å²) in [4.78, 5) is 18.0. The molecule has 3 rings (SSSR count). The van der Waals surface area contributed by atoms with Crippen LogP contribution in [-0.2, 0) is 11.3 Å². The number of pyridine rings is 1. The van der Waals surface area contributed by atoms with Gasteiger partial charge in [0.25, 0.3) is 0 Å². The van der Waals surface area contributed by atoms with Gasteiger partial charge in [0.2, 0.25) is 17.7 Å². The smallest absolute Gasteiger partial charge is 0.249 e. The molecule has 0 atom stereocenters. The van der Waals surface area contributed by atoms with Crippen LogP contribution >= 0.6 is 23.2 Å². The van der Waals surface area contributed by atoms with E-state index >= 15 is 0 Å². The van der Waals surface area contributed by atoms with Crippen LogP contribution in [0, 0.1) is 6.92 Å². The number of aromatic nitrogens is 3. The van der Waals surface area contributed by atoms with E-state index in [0.717, 1.165) is 5.56 Å². The van der Waals surface area contributed by atoms with E-state index in [1.807, 2.05) is 13.0 Å². The first kappa shape index (κ1) is 19.3. The summed E-state index contributed by atoms with van der Waals surface area (Å²) in [5.74, 6) is 1.01. The van der Waals surface area contributed by atoms with Gasteiger partial charge in [-0.05, 0) is 49.9 Å². The van der Waals surface area contributed by atoms with Crippen LogP contribution in [0.2, 0.25) is 10.0 Å². The first-order valence-electron chi connectivity index (χ1n) is 8.09. The molecule has 2 aromatic heterocycles. The largest absolute Gasteiger partial charge is 0.419 e. The molecule has 140 valence electrons. The number of hydrogen-bond acceptors (Lipinski definition) is 6. The van der Waals surface area contributed by atoms with Gasteiger partial charge in [0.05, 0.1) is 23.7 Å². The minimum atomic E-state index is -0.184. The van der Waals surface area contributed by atoms with Crippen molar-refractivity contribution in [1.82, 2.24) is 20.1 Å². The number of hydrogen-bond donors (Lipinski definition) is 1. The Labute approximate surface area is 166 Å². The highest BCUT2D eigenvalue weighted by Crippen LogP contribution is 2.29. The molecule has 7 nitrogen and oxygen atoms in total. The van der Waals surface area contributed by atoms with Gasteiger partial charge in [-0.2, -0.15) is 0 Å². The van der Waals surface area contributed by atoms with Crippen molar-refractivity contribution in [2.75, 3.05) is 18.9 Å². The maximum atomic E-state index is 12.1. The van der Waals surface area contributed by atoms with E-state index in [1.54, 1.807) is 42.4 Å².